The summed E-state index contributed by atoms with van der Waals surface area (Å²) in [7, 11) is 0. The number of amides is 1. The van der Waals surface area contributed by atoms with Gasteiger partial charge in [0.15, 0.2) is 17.3 Å². The van der Waals surface area contributed by atoms with Crippen LogP contribution >= 0.6 is 0 Å². The molecule has 1 atom stereocenters. The van der Waals surface area contributed by atoms with E-state index in [0.29, 0.717) is 49.0 Å². The molecule has 1 N–H and O–H groups in total. The number of carbonyl (C=O) groups excluding carboxylic acids is 2. The van der Waals surface area contributed by atoms with Gasteiger partial charge >= 0.3 is 5.97 Å². The monoisotopic (exact) mass is 344 g/mol. The van der Waals surface area contributed by atoms with Crippen LogP contribution < -0.4 is 14.8 Å². The fraction of sp³-hybridized carbons (Fsp3) is 0.353. The quantitative estimate of drug-likeness (QED) is 0.838. The summed E-state index contributed by atoms with van der Waals surface area (Å²) in [6.45, 7) is 1.02. The standard InChI is InChI=1S/C17H16N2O6/c20-16-4-2-12(18-16)17(21)24-9-11-8-14(25-19-11)10-1-3-13-15(7-10)23-6-5-22-13/h1,3,7-8,12H,2,4-6,9H2,(H,18,20). The number of hydrogen-bond acceptors (Lipinski definition) is 7. The summed E-state index contributed by atoms with van der Waals surface area (Å²) in [4.78, 5) is 23.0. The second kappa shape index (κ2) is 6.46. The predicted octanol–water partition coefficient (Wildman–Crippen LogP) is 1.43. The summed E-state index contributed by atoms with van der Waals surface area (Å²) in [5.41, 5.74) is 1.28. The first-order valence-electron chi connectivity index (χ1n) is 8.01. The molecule has 1 unspecified atom stereocenters. The van der Waals surface area contributed by atoms with Crippen LogP contribution in [-0.2, 0) is 20.9 Å². The van der Waals surface area contributed by atoms with Crippen LogP contribution in [0.5, 0.6) is 11.5 Å². The topological polar surface area (TPSA) is 99.9 Å². The molecule has 2 aliphatic heterocycles. The molecule has 4 rings (SSSR count). The van der Waals surface area contributed by atoms with E-state index in [-0.39, 0.29) is 12.5 Å². The van der Waals surface area contributed by atoms with Gasteiger partial charge in [0.25, 0.3) is 0 Å². The summed E-state index contributed by atoms with van der Waals surface area (Å²) in [6, 6.07) is 6.61. The van der Waals surface area contributed by atoms with Crippen molar-refractivity contribution < 1.29 is 28.3 Å². The molecule has 3 heterocycles. The number of rotatable bonds is 4. The molecule has 25 heavy (non-hydrogen) atoms. The van der Waals surface area contributed by atoms with Crippen LogP contribution in [0.15, 0.2) is 28.8 Å². The van der Waals surface area contributed by atoms with Gasteiger partial charge in [0.2, 0.25) is 5.91 Å². The van der Waals surface area contributed by atoms with Gasteiger partial charge in [-0.2, -0.15) is 0 Å². The summed E-state index contributed by atoms with van der Waals surface area (Å²) in [6.07, 6.45) is 0.802. The number of benzene rings is 1. The predicted molar refractivity (Wildman–Crippen MR) is 83.9 cm³/mol. The molecule has 1 amide bonds. The Morgan fingerprint density at radius 2 is 2.08 bits per heavy atom. The maximum absolute atomic E-state index is 11.9. The van der Waals surface area contributed by atoms with E-state index in [1.54, 1.807) is 6.07 Å². The Labute approximate surface area is 143 Å². The molecule has 8 nitrogen and oxygen atoms in total. The lowest BCUT2D eigenvalue weighted by atomic mass is 10.1. The number of carbonyl (C=O) groups is 2. The van der Waals surface area contributed by atoms with Crippen LogP contribution in [0.25, 0.3) is 11.3 Å². The van der Waals surface area contributed by atoms with Gasteiger partial charge in [0, 0.05) is 18.1 Å². The van der Waals surface area contributed by atoms with Gasteiger partial charge in [-0.1, -0.05) is 5.16 Å². The van der Waals surface area contributed by atoms with Crippen molar-refractivity contribution in [1.29, 1.82) is 0 Å². The number of esters is 1. The van der Waals surface area contributed by atoms with Gasteiger partial charge in [-0.3, -0.25) is 4.79 Å². The Morgan fingerprint density at radius 1 is 1.24 bits per heavy atom. The van der Waals surface area contributed by atoms with Crippen LogP contribution in [0.1, 0.15) is 18.5 Å². The molecule has 0 bridgehead atoms. The van der Waals surface area contributed by atoms with E-state index >= 15 is 0 Å². The smallest absolute Gasteiger partial charge is 0.329 e. The number of hydrogen-bond donors (Lipinski definition) is 1. The minimum absolute atomic E-state index is 0.0146. The van der Waals surface area contributed by atoms with E-state index in [1.807, 2.05) is 18.2 Å². The lowest BCUT2D eigenvalue weighted by Gasteiger charge is -2.18. The highest BCUT2D eigenvalue weighted by Gasteiger charge is 2.28. The molecule has 2 aromatic rings. The second-order valence-electron chi connectivity index (χ2n) is 5.81. The minimum atomic E-state index is -0.573. The van der Waals surface area contributed by atoms with E-state index in [4.69, 9.17) is 18.7 Å². The maximum Gasteiger partial charge on any atom is 0.329 e. The molecule has 1 saturated heterocycles. The first-order chi connectivity index (χ1) is 12.2. The number of aromatic nitrogens is 1. The first-order valence-corrected chi connectivity index (χ1v) is 8.01. The summed E-state index contributed by atoms with van der Waals surface area (Å²) >= 11 is 0. The zero-order chi connectivity index (χ0) is 17.2. The number of fused-ring (bicyclic) bond motifs is 1. The van der Waals surface area contributed by atoms with Gasteiger partial charge < -0.3 is 24.1 Å². The number of nitrogens with one attached hydrogen (secondary N) is 1. The Morgan fingerprint density at radius 3 is 2.88 bits per heavy atom. The summed E-state index contributed by atoms with van der Waals surface area (Å²) in [5, 5.41) is 6.47. The lowest BCUT2D eigenvalue weighted by Crippen LogP contribution is -2.34. The van der Waals surface area contributed by atoms with Crippen LogP contribution in [0, 0.1) is 0 Å². The van der Waals surface area contributed by atoms with Crippen LogP contribution in [0.4, 0.5) is 0 Å². The summed E-state index contributed by atoms with van der Waals surface area (Å²) < 4.78 is 21.5. The first kappa shape index (κ1) is 15.5. The third-order valence-corrected chi connectivity index (χ3v) is 4.03. The Kier molecular flexibility index (Phi) is 4.01. The Bertz CT molecular complexity index is 815. The Hall–Kier alpha value is -3.03. The molecule has 1 aromatic heterocycles. The third-order valence-electron chi connectivity index (χ3n) is 4.03. The van der Waals surface area contributed by atoms with Gasteiger partial charge in [-0.25, -0.2) is 4.79 Å². The molecular weight excluding hydrogens is 328 g/mol. The zero-order valence-corrected chi connectivity index (χ0v) is 13.3. The molecule has 1 fully saturated rings. The number of nitrogens with zero attached hydrogens (tertiary/aromatic N) is 1. The van der Waals surface area contributed by atoms with E-state index in [9.17, 15) is 9.59 Å². The average Bonchev–Trinajstić information content (AvgIpc) is 3.28. The third kappa shape index (κ3) is 3.28. The van der Waals surface area contributed by atoms with Crippen molar-refractivity contribution in [1.82, 2.24) is 10.5 Å². The fourth-order valence-electron chi connectivity index (χ4n) is 2.75. The maximum atomic E-state index is 11.9. The molecule has 0 aliphatic carbocycles. The molecule has 0 saturated carbocycles. The lowest BCUT2D eigenvalue weighted by molar-refractivity contribution is -0.147. The van der Waals surface area contributed by atoms with E-state index in [0.717, 1.165) is 5.56 Å². The molecule has 0 radical (unpaired) electrons. The van der Waals surface area contributed by atoms with Gasteiger partial charge in [0.05, 0.1) is 0 Å². The molecule has 130 valence electrons. The number of ether oxygens (including phenoxy) is 3. The van der Waals surface area contributed by atoms with E-state index in [2.05, 4.69) is 10.5 Å². The highest BCUT2D eigenvalue weighted by molar-refractivity contribution is 5.88. The van der Waals surface area contributed by atoms with Crippen LogP contribution in [-0.4, -0.2) is 36.3 Å². The average molecular weight is 344 g/mol. The van der Waals surface area contributed by atoms with Crippen molar-refractivity contribution in [2.45, 2.75) is 25.5 Å². The van der Waals surface area contributed by atoms with Gasteiger partial charge in [-0.05, 0) is 24.6 Å². The zero-order valence-electron chi connectivity index (χ0n) is 13.3. The molecule has 8 heteroatoms. The minimum Gasteiger partial charge on any atom is -0.486 e. The highest BCUT2D eigenvalue weighted by atomic mass is 16.6. The van der Waals surface area contributed by atoms with Gasteiger partial charge in [0.1, 0.15) is 31.6 Å². The van der Waals surface area contributed by atoms with E-state index in [1.165, 1.54) is 0 Å². The van der Waals surface area contributed by atoms with Crippen molar-refractivity contribution in [2.24, 2.45) is 0 Å². The van der Waals surface area contributed by atoms with Crippen molar-refractivity contribution >= 4 is 11.9 Å². The molecule has 2 aliphatic rings. The summed E-state index contributed by atoms with van der Waals surface area (Å²) in [5.74, 6) is 1.29. The Balaban J connectivity index is 1.40. The highest BCUT2D eigenvalue weighted by Crippen LogP contribution is 2.34. The van der Waals surface area contributed by atoms with Crippen LogP contribution in [0.2, 0.25) is 0 Å². The molecular formula is C17H16N2O6. The largest absolute Gasteiger partial charge is 0.486 e. The molecule has 0 spiro atoms. The fourth-order valence-corrected chi connectivity index (χ4v) is 2.75. The molecule has 1 aromatic carbocycles. The van der Waals surface area contributed by atoms with Crippen molar-refractivity contribution in [3.63, 3.8) is 0 Å². The van der Waals surface area contributed by atoms with Gasteiger partial charge in [-0.15, -0.1) is 0 Å². The van der Waals surface area contributed by atoms with Crippen molar-refractivity contribution in [2.75, 3.05) is 13.2 Å². The van der Waals surface area contributed by atoms with Crippen molar-refractivity contribution in [3.05, 3.63) is 30.0 Å². The van der Waals surface area contributed by atoms with Crippen LogP contribution in [0.3, 0.4) is 0 Å². The van der Waals surface area contributed by atoms with E-state index < -0.39 is 12.0 Å². The normalized spacial score (nSPS) is 18.7. The van der Waals surface area contributed by atoms with Crippen molar-refractivity contribution in [3.8, 4) is 22.8 Å². The second-order valence-corrected chi connectivity index (χ2v) is 5.81. The SMILES string of the molecule is O=C1CCC(C(=O)OCc2cc(-c3ccc4c(c3)OCCO4)on2)N1.